The number of rotatable bonds is 8. The molecule has 16 heavy (non-hydrogen) atoms. The van der Waals surface area contributed by atoms with Crippen molar-refractivity contribution in [2.24, 2.45) is 0 Å². The molecule has 1 aromatic heterocycles. The van der Waals surface area contributed by atoms with Crippen molar-refractivity contribution in [2.45, 2.75) is 19.9 Å². The molecule has 0 aliphatic carbocycles. The fraction of sp³-hybridized carbons (Fsp3) is 0.462. The maximum Gasteiger partial charge on any atom is 0.0591 e. The summed E-state index contributed by atoms with van der Waals surface area (Å²) in [4.78, 5) is 4.22. The Bertz CT molecular complexity index is 298. The average Bonchev–Trinajstić information content (AvgIpc) is 2.29. The van der Waals surface area contributed by atoms with Crippen LogP contribution >= 0.6 is 0 Å². The van der Waals surface area contributed by atoms with Gasteiger partial charge in [-0.2, -0.15) is 0 Å². The monoisotopic (exact) mass is 220 g/mol. The Labute approximate surface area is 97.5 Å². The van der Waals surface area contributed by atoms with Crippen LogP contribution in [0.4, 0.5) is 0 Å². The number of nitrogens with one attached hydrogen (secondary N) is 1. The van der Waals surface area contributed by atoms with Gasteiger partial charge in [0.2, 0.25) is 0 Å². The van der Waals surface area contributed by atoms with Crippen LogP contribution in [0.25, 0.3) is 0 Å². The quantitative estimate of drug-likeness (QED) is 0.538. The van der Waals surface area contributed by atoms with E-state index in [1.54, 1.807) is 6.20 Å². The summed E-state index contributed by atoms with van der Waals surface area (Å²) in [5.41, 5.74) is 2.23. The maximum atomic E-state index is 5.44. The van der Waals surface area contributed by atoms with Crippen LogP contribution in [0, 0.1) is 0 Å². The number of aromatic nitrogens is 1. The Morgan fingerprint density at radius 2 is 2.31 bits per heavy atom. The van der Waals surface area contributed by atoms with E-state index in [1.165, 1.54) is 5.57 Å². The predicted molar refractivity (Wildman–Crippen MR) is 66.2 cm³/mol. The van der Waals surface area contributed by atoms with Crippen LogP contribution < -0.4 is 5.32 Å². The summed E-state index contributed by atoms with van der Waals surface area (Å²) in [5, 5.41) is 3.28. The molecule has 0 saturated carbocycles. The number of ether oxygens (including phenoxy) is 1. The minimum Gasteiger partial charge on any atom is -0.380 e. The van der Waals surface area contributed by atoms with Gasteiger partial charge in [0.05, 0.1) is 18.9 Å². The van der Waals surface area contributed by atoms with E-state index >= 15 is 0 Å². The van der Waals surface area contributed by atoms with Crippen LogP contribution in [0.3, 0.4) is 0 Å². The maximum absolute atomic E-state index is 5.44. The summed E-state index contributed by atoms with van der Waals surface area (Å²) < 4.78 is 5.44. The molecule has 0 aliphatic heterocycles. The first-order valence-corrected chi connectivity index (χ1v) is 5.62. The zero-order valence-electron chi connectivity index (χ0n) is 9.91. The highest BCUT2D eigenvalue weighted by molar-refractivity contribution is 5.02. The predicted octanol–water partition coefficient (Wildman–Crippen LogP) is 2.15. The van der Waals surface area contributed by atoms with E-state index < -0.39 is 0 Å². The highest BCUT2D eigenvalue weighted by Gasteiger charge is 1.92. The van der Waals surface area contributed by atoms with Crippen LogP contribution in [0.5, 0.6) is 0 Å². The molecule has 0 aromatic carbocycles. The summed E-state index contributed by atoms with van der Waals surface area (Å²) in [5.74, 6) is 0. The van der Waals surface area contributed by atoms with E-state index in [2.05, 4.69) is 16.9 Å². The Kier molecular flexibility index (Phi) is 6.45. The molecule has 3 heteroatoms. The van der Waals surface area contributed by atoms with Crippen molar-refractivity contribution in [3.8, 4) is 0 Å². The molecule has 0 spiro atoms. The van der Waals surface area contributed by atoms with E-state index in [1.807, 2.05) is 25.1 Å². The summed E-state index contributed by atoms with van der Waals surface area (Å²) in [6.45, 7) is 8.99. The Morgan fingerprint density at radius 1 is 1.44 bits per heavy atom. The molecule has 1 rings (SSSR count). The van der Waals surface area contributed by atoms with Crippen LogP contribution in [0.1, 0.15) is 19.0 Å². The molecule has 0 bridgehead atoms. The molecule has 1 N–H and O–H groups in total. The summed E-state index contributed by atoms with van der Waals surface area (Å²) in [6.07, 6.45) is 2.75. The van der Waals surface area contributed by atoms with Crippen molar-refractivity contribution in [3.63, 3.8) is 0 Å². The molecule has 1 aromatic rings. The molecule has 1 heterocycles. The lowest BCUT2D eigenvalue weighted by Gasteiger charge is -2.05. The molecule has 0 aliphatic rings. The fourth-order valence-corrected chi connectivity index (χ4v) is 1.21. The van der Waals surface area contributed by atoms with Gasteiger partial charge in [0, 0.05) is 19.3 Å². The third kappa shape index (κ3) is 6.32. The van der Waals surface area contributed by atoms with Gasteiger partial charge in [0.25, 0.3) is 0 Å². The molecule has 0 saturated heterocycles. The van der Waals surface area contributed by atoms with E-state index in [0.717, 1.165) is 38.4 Å². The number of pyridine rings is 1. The van der Waals surface area contributed by atoms with Gasteiger partial charge < -0.3 is 10.1 Å². The lowest BCUT2D eigenvalue weighted by Crippen LogP contribution is -2.20. The molecule has 88 valence electrons. The van der Waals surface area contributed by atoms with Crippen molar-refractivity contribution in [1.29, 1.82) is 0 Å². The van der Waals surface area contributed by atoms with Crippen molar-refractivity contribution in [3.05, 3.63) is 42.2 Å². The Hall–Kier alpha value is -1.19. The minimum absolute atomic E-state index is 0.736. The summed E-state index contributed by atoms with van der Waals surface area (Å²) in [6, 6.07) is 5.92. The first-order valence-electron chi connectivity index (χ1n) is 5.62. The molecule has 0 unspecified atom stereocenters. The van der Waals surface area contributed by atoms with Crippen LogP contribution in [0.2, 0.25) is 0 Å². The lowest BCUT2D eigenvalue weighted by molar-refractivity contribution is 0.138. The second-order valence-corrected chi connectivity index (χ2v) is 3.82. The van der Waals surface area contributed by atoms with Crippen LogP contribution in [-0.2, 0) is 11.3 Å². The largest absolute Gasteiger partial charge is 0.380 e. The van der Waals surface area contributed by atoms with Crippen LogP contribution in [-0.4, -0.2) is 24.7 Å². The van der Waals surface area contributed by atoms with Crippen molar-refractivity contribution in [1.82, 2.24) is 10.3 Å². The van der Waals surface area contributed by atoms with Gasteiger partial charge in [0.15, 0.2) is 0 Å². The van der Waals surface area contributed by atoms with Gasteiger partial charge in [-0.15, -0.1) is 6.58 Å². The van der Waals surface area contributed by atoms with Gasteiger partial charge in [-0.05, 0) is 25.5 Å². The second kappa shape index (κ2) is 8.02. The highest BCUT2D eigenvalue weighted by atomic mass is 16.5. The van der Waals surface area contributed by atoms with Crippen LogP contribution in [0.15, 0.2) is 36.5 Å². The van der Waals surface area contributed by atoms with E-state index in [0.29, 0.717) is 0 Å². The number of hydrogen-bond acceptors (Lipinski definition) is 3. The standard InChI is InChI=1S/C13H20N2O/c1-12(2)6-9-16-10-8-14-11-13-5-3-4-7-15-13/h3-5,7,14H,1,6,8-11H2,2H3. The minimum atomic E-state index is 0.736. The zero-order valence-corrected chi connectivity index (χ0v) is 9.91. The average molecular weight is 220 g/mol. The zero-order chi connectivity index (χ0) is 11.6. The molecular weight excluding hydrogens is 200 g/mol. The first kappa shape index (κ1) is 12.9. The third-order valence-corrected chi connectivity index (χ3v) is 2.13. The van der Waals surface area contributed by atoms with Gasteiger partial charge >= 0.3 is 0 Å². The summed E-state index contributed by atoms with van der Waals surface area (Å²) in [7, 11) is 0. The Morgan fingerprint density at radius 3 is 3.00 bits per heavy atom. The third-order valence-electron chi connectivity index (χ3n) is 2.13. The molecular formula is C13H20N2O. The lowest BCUT2D eigenvalue weighted by atomic mass is 10.3. The molecule has 0 atom stereocenters. The van der Waals surface area contributed by atoms with Crippen molar-refractivity contribution >= 4 is 0 Å². The van der Waals surface area contributed by atoms with Gasteiger partial charge in [-0.25, -0.2) is 0 Å². The second-order valence-electron chi connectivity index (χ2n) is 3.82. The SMILES string of the molecule is C=C(C)CCOCCNCc1ccccn1. The summed E-state index contributed by atoms with van der Waals surface area (Å²) >= 11 is 0. The Balaban J connectivity index is 1.94. The van der Waals surface area contributed by atoms with Gasteiger partial charge in [-0.1, -0.05) is 11.6 Å². The van der Waals surface area contributed by atoms with Crippen molar-refractivity contribution < 1.29 is 4.74 Å². The van der Waals surface area contributed by atoms with E-state index in [4.69, 9.17) is 4.74 Å². The van der Waals surface area contributed by atoms with E-state index in [9.17, 15) is 0 Å². The van der Waals surface area contributed by atoms with Gasteiger partial charge in [0.1, 0.15) is 0 Å². The molecule has 3 nitrogen and oxygen atoms in total. The number of hydrogen-bond donors (Lipinski definition) is 1. The first-order chi connectivity index (χ1) is 7.79. The molecule has 0 fully saturated rings. The molecule has 0 radical (unpaired) electrons. The highest BCUT2D eigenvalue weighted by Crippen LogP contribution is 1.95. The normalized spacial score (nSPS) is 10.3. The molecule has 0 amide bonds. The van der Waals surface area contributed by atoms with Gasteiger partial charge in [-0.3, -0.25) is 4.98 Å². The van der Waals surface area contributed by atoms with Crippen molar-refractivity contribution in [2.75, 3.05) is 19.8 Å². The van der Waals surface area contributed by atoms with E-state index in [-0.39, 0.29) is 0 Å². The fourth-order valence-electron chi connectivity index (χ4n) is 1.21. The topological polar surface area (TPSA) is 34.1 Å². The smallest absolute Gasteiger partial charge is 0.0591 e. The number of nitrogens with zero attached hydrogens (tertiary/aromatic N) is 1.